The lowest BCUT2D eigenvalue weighted by molar-refractivity contribution is -0.233. The van der Waals surface area contributed by atoms with E-state index in [4.69, 9.17) is 30.5 Å². The lowest BCUT2D eigenvalue weighted by atomic mass is 9.90. The van der Waals surface area contributed by atoms with Gasteiger partial charge >= 0.3 is 17.9 Å². The molecular weight excluding hydrogens is 492 g/mol. The fourth-order valence-corrected chi connectivity index (χ4v) is 4.95. The third-order valence-electron chi connectivity index (χ3n) is 5.64. The minimum atomic E-state index is -1.04. The summed E-state index contributed by atoms with van der Waals surface area (Å²) < 4.78 is 23.0. The highest BCUT2D eigenvalue weighted by Gasteiger charge is 2.52. The average Bonchev–Trinajstić information content (AvgIpc) is 2.78. The number of benzene rings is 2. The van der Waals surface area contributed by atoms with E-state index in [9.17, 15) is 14.4 Å². The van der Waals surface area contributed by atoms with Crippen molar-refractivity contribution in [2.45, 2.75) is 64.0 Å². The Morgan fingerprint density at radius 2 is 1.46 bits per heavy atom. The van der Waals surface area contributed by atoms with E-state index in [-0.39, 0.29) is 0 Å². The van der Waals surface area contributed by atoms with Crippen LogP contribution in [0.4, 0.5) is 0 Å². The van der Waals surface area contributed by atoms with Crippen molar-refractivity contribution in [2.75, 3.05) is 6.26 Å². The van der Waals surface area contributed by atoms with Crippen LogP contribution in [0.2, 0.25) is 5.02 Å². The van der Waals surface area contributed by atoms with Gasteiger partial charge < -0.3 is 18.9 Å². The van der Waals surface area contributed by atoms with Crippen molar-refractivity contribution < 1.29 is 33.3 Å². The summed E-state index contributed by atoms with van der Waals surface area (Å²) in [5.74, 6) is -1.72. The van der Waals surface area contributed by atoms with Crippen LogP contribution in [0, 0.1) is 6.92 Å². The van der Waals surface area contributed by atoms with E-state index in [0.29, 0.717) is 11.4 Å². The third-order valence-corrected chi connectivity index (χ3v) is 6.74. The molecule has 0 aliphatic carbocycles. The third kappa shape index (κ3) is 6.99. The van der Waals surface area contributed by atoms with Gasteiger partial charge in [0.15, 0.2) is 18.3 Å². The molecule has 1 heterocycles. The Bertz CT molecular complexity index is 1070. The monoisotopic (exact) mass is 520 g/mol. The molecule has 1 fully saturated rings. The van der Waals surface area contributed by atoms with Gasteiger partial charge in [0, 0.05) is 25.8 Å². The van der Waals surface area contributed by atoms with E-state index < -0.39 is 47.8 Å². The molecule has 7 nitrogen and oxygen atoms in total. The van der Waals surface area contributed by atoms with Gasteiger partial charge in [0.05, 0.1) is 0 Å². The molecule has 188 valence electrons. The predicted octanol–water partition coefficient (Wildman–Crippen LogP) is 4.79. The van der Waals surface area contributed by atoms with E-state index in [1.165, 1.54) is 32.5 Å². The van der Waals surface area contributed by atoms with Gasteiger partial charge in [-0.05, 0) is 54.0 Å². The molecular formula is C26H29ClO7S. The molecule has 3 rings (SSSR count). The number of esters is 3. The second-order valence-corrected chi connectivity index (χ2v) is 9.74. The number of carbonyl (C=O) groups excluding carboxylic acids is 3. The number of aryl methyl sites for hydroxylation is 1. The van der Waals surface area contributed by atoms with Crippen molar-refractivity contribution in [3.8, 4) is 0 Å². The van der Waals surface area contributed by atoms with Crippen molar-refractivity contribution in [1.82, 2.24) is 0 Å². The number of hydrogen-bond donors (Lipinski definition) is 0. The normalized spacial score (nSPS) is 23.9. The summed E-state index contributed by atoms with van der Waals surface area (Å²) in [7, 11) is 0. The lowest BCUT2D eigenvalue weighted by Crippen LogP contribution is -2.57. The highest BCUT2D eigenvalue weighted by atomic mass is 35.5. The molecule has 2 aromatic rings. The molecule has 1 saturated heterocycles. The van der Waals surface area contributed by atoms with Crippen LogP contribution in [0.3, 0.4) is 0 Å². The summed E-state index contributed by atoms with van der Waals surface area (Å²) in [4.78, 5) is 35.8. The zero-order valence-electron chi connectivity index (χ0n) is 20.3. The standard InChI is InChI=1S/C26H29ClO7S/c1-14-6-9-19(13-20(14)12-18-7-10-21(27)11-8-18)22-23(31-15(2)28)24(32-16(3)29)25(33-17(4)30)26(34-22)35-5/h6-11,13,22-26H,12H2,1-5H3. The van der Waals surface area contributed by atoms with Crippen LogP contribution >= 0.6 is 23.4 Å². The van der Waals surface area contributed by atoms with Crippen LogP contribution < -0.4 is 0 Å². The Morgan fingerprint density at radius 3 is 2.03 bits per heavy atom. The van der Waals surface area contributed by atoms with Crippen LogP contribution in [-0.4, -0.2) is 47.9 Å². The Kier molecular flexibility index (Phi) is 9.21. The molecule has 1 aliphatic heterocycles. The summed E-state index contributed by atoms with van der Waals surface area (Å²) >= 11 is 7.34. The van der Waals surface area contributed by atoms with E-state index in [1.807, 2.05) is 49.4 Å². The number of thioether (sulfide) groups is 1. The van der Waals surface area contributed by atoms with Gasteiger partial charge in [-0.25, -0.2) is 0 Å². The zero-order valence-corrected chi connectivity index (χ0v) is 21.9. The first-order valence-corrected chi connectivity index (χ1v) is 12.8. The molecule has 0 N–H and O–H groups in total. The van der Waals surface area contributed by atoms with Crippen LogP contribution in [0.15, 0.2) is 42.5 Å². The summed E-state index contributed by atoms with van der Waals surface area (Å²) in [6, 6.07) is 13.5. The Hall–Kier alpha value is -2.55. The zero-order chi connectivity index (χ0) is 25.7. The Labute approximate surface area is 214 Å². The van der Waals surface area contributed by atoms with Crippen molar-refractivity contribution in [1.29, 1.82) is 0 Å². The number of carbonyl (C=O) groups is 3. The maximum absolute atomic E-state index is 12.0. The van der Waals surface area contributed by atoms with E-state index in [1.54, 1.807) is 6.26 Å². The first-order valence-electron chi connectivity index (χ1n) is 11.1. The highest BCUT2D eigenvalue weighted by molar-refractivity contribution is 7.99. The second kappa shape index (κ2) is 11.9. The van der Waals surface area contributed by atoms with Gasteiger partial charge in [0.2, 0.25) is 0 Å². The van der Waals surface area contributed by atoms with Gasteiger partial charge in [-0.1, -0.05) is 41.9 Å². The van der Waals surface area contributed by atoms with Crippen molar-refractivity contribution in [2.24, 2.45) is 0 Å². The summed E-state index contributed by atoms with van der Waals surface area (Å²) in [6.07, 6.45) is -1.30. The molecule has 0 spiro atoms. The van der Waals surface area contributed by atoms with Crippen LogP contribution in [-0.2, 0) is 39.8 Å². The van der Waals surface area contributed by atoms with E-state index in [0.717, 1.165) is 22.3 Å². The molecule has 0 amide bonds. The SMILES string of the molecule is CSC1OC(c2ccc(C)c(Cc3ccc(Cl)cc3)c2)C(OC(C)=O)C(OC(C)=O)C1OC(C)=O. The number of rotatable bonds is 7. The van der Waals surface area contributed by atoms with Gasteiger partial charge in [0.1, 0.15) is 11.5 Å². The van der Waals surface area contributed by atoms with E-state index >= 15 is 0 Å². The fraction of sp³-hybridized carbons (Fsp3) is 0.423. The Morgan fingerprint density at radius 1 is 0.886 bits per heavy atom. The lowest BCUT2D eigenvalue weighted by Gasteiger charge is -2.44. The van der Waals surface area contributed by atoms with Crippen molar-refractivity contribution >= 4 is 41.3 Å². The predicted molar refractivity (Wildman–Crippen MR) is 133 cm³/mol. The van der Waals surface area contributed by atoms with Gasteiger partial charge in [-0.15, -0.1) is 11.8 Å². The summed E-state index contributed by atoms with van der Waals surface area (Å²) in [6.45, 7) is 5.80. The minimum absolute atomic E-state index is 0.560. The van der Waals surface area contributed by atoms with Crippen LogP contribution in [0.5, 0.6) is 0 Å². The van der Waals surface area contributed by atoms with Gasteiger partial charge in [0.25, 0.3) is 0 Å². The van der Waals surface area contributed by atoms with E-state index in [2.05, 4.69) is 0 Å². The first-order chi connectivity index (χ1) is 16.6. The summed E-state index contributed by atoms with van der Waals surface area (Å²) in [5, 5.41) is 0.668. The average molecular weight is 521 g/mol. The molecule has 0 saturated carbocycles. The van der Waals surface area contributed by atoms with Crippen LogP contribution in [0.25, 0.3) is 0 Å². The first kappa shape index (κ1) is 27.0. The number of halogens is 1. The fourth-order valence-electron chi connectivity index (χ4n) is 4.11. The number of ether oxygens (including phenoxy) is 4. The maximum atomic E-state index is 12.0. The Balaban J connectivity index is 2.03. The molecule has 5 unspecified atom stereocenters. The molecule has 0 bridgehead atoms. The smallest absolute Gasteiger partial charge is 0.303 e. The quantitative estimate of drug-likeness (QED) is 0.380. The summed E-state index contributed by atoms with van der Waals surface area (Å²) in [5.41, 5.74) is 3.33. The largest absolute Gasteiger partial charge is 0.455 e. The van der Waals surface area contributed by atoms with Crippen LogP contribution in [0.1, 0.15) is 49.1 Å². The molecule has 9 heteroatoms. The molecule has 0 aromatic heterocycles. The molecule has 1 aliphatic rings. The van der Waals surface area contributed by atoms with Gasteiger partial charge in [-0.2, -0.15) is 0 Å². The minimum Gasteiger partial charge on any atom is -0.455 e. The van der Waals surface area contributed by atoms with Crippen molar-refractivity contribution in [3.63, 3.8) is 0 Å². The van der Waals surface area contributed by atoms with Gasteiger partial charge in [-0.3, -0.25) is 14.4 Å². The topological polar surface area (TPSA) is 88.1 Å². The number of hydrogen-bond acceptors (Lipinski definition) is 8. The van der Waals surface area contributed by atoms with Crippen molar-refractivity contribution in [3.05, 3.63) is 69.7 Å². The molecule has 0 radical (unpaired) electrons. The second-order valence-electron chi connectivity index (χ2n) is 8.37. The molecule has 35 heavy (non-hydrogen) atoms. The molecule has 5 atom stereocenters. The maximum Gasteiger partial charge on any atom is 0.303 e. The highest BCUT2D eigenvalue weighted by Crippen LogP contribution is 2.40. The molecule has 2 aromatic carbocycles.